The van der Waals surface area contributed by atoms with Crippen LogP contribution < -0.4 is 0 Å². The van der Waals surface area contributed by atoms with Gasteiger partial charge in [0.2, 0.25) is 0 Å². The van der Waals surface area contributed by atoms with Crippen molar-refractivity contribution < 1.29 is 40.3 Å². The van der Waals surface area contributed by atoms with E-state index in [1.807, 2.05) is 0 Å². The molecule has 11 heteroatoms. The maximum absolute atomic E-state index is 3.25. The number of halogens is 8. The quantitative estimate of drug-likeness (QED) is 0.302. The Balaban J connectivity index is -0.000000000500. The summed E-state index contributed by atoms with van der Waals surface area (Å²) in [6.07, 6.45) is 0. The molecule has 115 valence electrons. The van der Waals surface area contributed by atoms with E-state index in [9.17, 15) is 0 Å². The van der Waals surface area contributed by atoms with E-state index >= 15 is 0 Å². The van der Waals surface area contributed by atoms with E-state index in [0.29, 0.717) is 0 Å². The predicted octanol–water partition coefficient (Wildman–Crippen LogP) is 5.51. The molecule has 0 spiro atoms. The van der Waals surface area contributed by atoms with Gasteiger partial charge < -0.3 is 20.8 Å². The summed E-state index contributed by atoms with van der Waals surface area (Å²) in [4.78, 5) is 0. The third kappa shape index (κ3) is 385. The molecule has 0 saturated carbocycles. The standard InChI is InChI=1S/3C2H5.Al.8ClH.Ti.V/c3*1-2;;;;;;;;;;;/h3*1H2,2H3;;8*1H;;/q3*-1;;;;;;;;;;+3;. The van der Waals surface area contributed by atoms with Crippen molar-refractivity contribution in [2.75, 3.05) is 0 Å². The smallest absolute Gasteiger partial charge is 0.346 e. The van der Waals surface area contributed by atoms with Crippen LogP contribution in [0.3, 0.4) is 0 Å². The molecule has 0 saturated heterocycles. The number of rotatable bonds is 0. The van der Waals surface area contributed by atoms with Gasteiger partial charge >= 0.3 is 21.7 Å². The van der Waals surface area contributed by atoms with Crippen LogP contribution in [0.25, 0.3) is 0 Å². The van der Waals surface area contributed by atoms with Crippen molar-refractivity contribution in [1.29, 1.82) is 0 Å². The molecule has 0 fully saturated rings. The molecule has 0 heterocycles. The molecule has 0 aliphatic heterocycles. The van der Waals surface area contributed by atoms with Gasteiger partial charge in [-0.05, 0) is 0 Å². The summed E-state index contributed by atoms with van der Waals surface area (Å²) in [5, 5.41) is 0. The molecule has 0 aromatic heterocycles. The summed E-state index contributed by atoms with van der Waals surface area (Å²) in [6, 6.07) is 0. The van der Waals surface area contributed by atoms with E-state index in [0.717, 1.165) is 0 Å². The summed E-state index contributed by atoms with van der Waals surface area (Å²) in [5.74, 6) is 0. The number of hydrogen-bond donors (Lipinski definition) is 0. The summed E-state index contributed by atoms with van der Waals surface area (Å²) < 4.78 is 0. The Kier molecular flexibility index (Phi) is 4240. The van der Waals surface area contributed by atoms with Crippen LogP contribution in [0.5, 0.6) is 0 Å². The SMILES string of the molecule is Cl.Cl.Cl.Cl.Cl.Cl.Cl.Cl.[Al].[CH2-]C.[CH2-]C.[CH2-]C.[Ti+3].[V]. The zero-order chi connectivity index (χ0) is 6.00. The second kappa shape index (κ2) is 429. The van der Waals surface area contributed by atoms with Gasteiger partial charge in [0, 0.05) is 35.9 Å². The van der Waals surface area contributed by atoms with Gasteiger partial charge in [0.25, 0.3) is 0 Å². The van der Waals surface area contributed by atoms with Crippen LogP contribution in [-0.4, -0.2) is 17.4 Å². The molecule has 0 aromatic rings. The van der Waals surface area contributed by atoms with Crippen molar-refractivity contribution in [2.24, 2.45) is 0 Å². The van der Waals surface area contributed by atoms with Gasteiger partial charge in [-0.15, -0.1) is 99.3 Å². The Morgan fingerprint density at radius 1 is 0.412 bits per heavy atom. The molecule has 17 heavy (non-hydrogen) atoms. The van der Waals surface area contributed by atoms with Crippen LogP contribution in [0.1, 0.15) is 20.8 Å². The molecule has 0 aliphatic rings. The zero-order valence-corrected chi connectivity index (χ0v) is 20.6. The second-order valence-electron chi connectivity index (χ2n) is 0. The fraction of sp³-hybridized carbons (Fsp3) is 0.500. The van der Waals surface area contributed by atoms with Crippen LogP contribution in [0, 0.1) is 20.8 Å². The van der Waals surface area contributed by atoms with Crippen LogP contribution in [-0.2, 0) is 40.3 Å². The molecule has 0 aliphatic carbocycles. The van der Waals surface area contributed by atoms with Crippen LogP contribution in [0.4, 0.5) is 0 Å². The Labute approximate surface area is 196 Å². The monoisotopic (exact) mass is 501 g/mol. The van der Waals surface area contributed by atoms with Gasteiger partial charge in [-0.2, -0.15) is 20.8 Å². The molecule has 0 atom stereocenters. The summed E-state index contributed by atoms with van der Waals surface area (Å²) in [7, 11) is 0. The van der Waals surface area contributed by atoms with E-state index in [4.69, 9.17) is 0 Å². The summed E-state index contributed by atoms with van der Waals surface area (Å²) in [6.45, 7) is 15.0. The van der Waals surface area contributed by atoms with Gasteiger partial charge in [-0.1, -0.05) is 0 Å². The third-order valence-corrected chi connectivity index (χ3v) is 0. The molecule has 0 amide bonds. The van der Waals surface area contributed by atoms with Gasteiger partial charge in [0.15, 0.2) is 0 Å². The maximum atomic E-state index is 3.25. The first-order valence-corrected chi connectivity index (χ1v) is 2.12. The molecule has 0 N–H and O–H groups in total. The normalized spacial score (nSPS) is 1.06. The van der Waals surface area contributed by atoms with E-state index in [2.05, 4.69) is 20.8 Å². The van der Waals surface area contributed by atoms with E-state index in [1.165, 1.54) is 0 Å². The van der Waals surface area contributed by atoms with Crippen LogP contribution >= 0.6 is 99.3 Å². The Morgan fingerprint density at radius 2 is 0.412 bits per heavy atom. The predicted molar refractivity (Wildman–Crippen MR) is 96.8 cm³/mol. The fourth-order valence-corrected chi connectivity index (χ4v) is 0. The fourth-order valence-electron chi connectivity index (χ4n) is 0. The maximum Gasteiger partial charge on any atom is 3.00 e. The summed E-state index contributed by atoms with van der Waals surface area (Å²) in [5.41, 5.74) is 0. The average Bonchev–Trinajstić information content (AvgIpc) is 1.81. The van der Waals surface area contributed by atoms with E-state index in [1.54, 1.807) is 20.8 Å². The largest absolute Gasteiger partial charge is 3.00 e. The topological polar surface area (TPSA) is 0 Å². The van der Waals surface area contributed by atoms with Crippen molar-refractivity contribution in [2.45, 2.75) is 20.8 Å². The first-order chi connectivity index (χ1) is 3.00. The van der Waals surface area contributed by atoms with Crippen molar-refractivity contribution in [3.8, 4) is 0 Å². The molecular weight excluding hydrogens is 481 g/mol. The van der Waals surface area contributed by atoms with E-state index in [-0.39, 0.29) is 157 Å². The minimum absolute atomic E-state index is 0. The Hall–Kier alpha value is 4.15. The molecule has 0 rings (SSSR count). The minimum Gasteiger partial charge on any atom is -0.346 e. The molecule has 5 radical (unpaired) electrons. The molecule has 0 bridgehead atoms. The summed E-state index contributed by atoms with van der Waals surface area (Å²) >= 11 is 0. The molecule has 0 aromatic carbocycles. The Bertz CT molecular complexity index is 30.0. The second-order valence-corrected chi connectivity index (χ2v) is 0. The zero-order valence-electron chi connectivity index (χ0n) is 9.91. The molecule has 0 nitrogen and oxygen atoms in total. The van der Waals surface area contributed by atoms with Crippen LogP contribution in [0.15, 0.2) is 0 Å². The average molecular weight is 505 g/mol. The van der Waals surface area contributed by atoms with Gasteiger partial charge in [-0.25, -0.2) is 0 Å². The van der Waals surface area contributed by atoms with Crippen molar-refractivity contribution in [3.05, 3.63) is 20.8 Å². The minimum atomic E-state index is 0. The van der Waals surface area contributed by atoms with Gasteiger partial charge in [0.1, 0.15) is 0 Å². The third-order valence-electron chi connectivity index (χ3n) is 0. The van der Waals surface area contributed by atoms with Crippen LogP contribution in [0.2, 0.25) is 0 Å². The Morgan fingerprint density at radius 3 is 0.412 bits per heavy atom. The van der Waals surface area contributed by atoms with Gasteiger partial charge in [0.05, 0.1) is 0 Å². The van der Waals surface area contributed by atoms with Crippen molar-refractivity contribution in [1.82, 2.24) is 0 Å². The first kappa shape index (κ1) is 168. The molecular formula is C6H23AlCl8TiV. The van der Waals surface area contributed by atoms with E-state index < -0.39 is 0 Å². The van der Waals surface area contributed by atoms with Gasteiger partial charge in [-0.3, -0.25) is 0 Å². The first-order valence-electron chi connectivity index (χ1n) is 2.12. The van der Waals surface area contributed by atoms with Crippen molar-refractivity contribution in [3.63, 3.8) is 0 Å². The van der Waals surface area contributed by atoms with Crippen molar-refractivity contribution >= 4 is 117 Å². The molecule has 0 unspecified atom stereocenters. The number of hydrogen-bond acceptors (Lipinski definition) is 0.